The highest BCUT2D eigenvalue weighted by Gasteiger charge is 2.38. The van der Waals surface area contributed by atoms with Crippen LogP contribution >= 0.6 is 0 Å². The maximum atomic E-state index is 13.3. The van der Waals surface area contributed by atoms with E-state index in [-0.39, 0.29) is 31.3 Å². The summed E-state index contributed by atoms with van der Waals surface area (Å²) in [4.78, 5) is 18.8. The number of benzene rings is 2. The molecule has 5 rings (SSSR count). The number of hydrogen-bond donors (Lipinski definition) is 0. The van der Waals surface area contributed by atoms with Crippen LogP contribution in [0.3, 0.4) is 0 Å². The third-order valence-electron chi connectivity index (χ3n) is 5.73. The summed E-state index contributed by atoms with van der Waals surface area (Å²) in [5, 5.41) is 9.75. The van der Waals surface area contributed by atoms with Gasteiger partial charge < -0.3 is 14.4 Å². The third-order valence-corrected chi connectivity index (χ3v) is 5.73. The number of hydrogen-bond acceptors (Lipinski definition) is 7. The average Bonchev–Trinajstić information content (AvgIpc) is 3.33. The number of carbonyl (C=O) groups excluding carboxylic acids is 1. The van der Waals surface area contributed by atoms with Crippen molar-refractivity contribution < 1.29 is 27.4 Å². The Hall–Kier alpha value is -4.48. The van der Waals surface area contributed by atoms with Gasteiger partial charge in [-0.25, -0.2) is 4.98 Å². The molecule has 0 fully saturated rings. The molecule has 4 aromatic rings. The number of amides is 1. The SMILES string of the molecule is COc1ccc(-n2nnnc2C(F)(F)F)cc1CN1Cc2c(-c3ccccc3)ccnc2OCC1=O. The summed E-state index contributed by atoms with van der Waals surface area (Å²) in [6.07, 6.45) is -3.12. The lowest BCUT2D eigenvalue weighted by molar-refractivity contribution is -0.146. The van der Waals surface area contributed by atoms with Gasteiger partial charge in [0, 0.05) is 23.9 Å². The summed E-state index contributed by atoms with van der Waals surface area (Å²) in [6.45, 7) is -0.00495. The molecule has 9 nitrogen and oxygen atoms in total. The topological polar surface area (TPSA) is 95.3 Å². The van der Waals surface area contributed by atoms with Crippen LogP contribution in [0.25, 0.3) is 16.8 Å². The van der Waals surface area contributed by atoms with Gasteiger partial charge in [-0.3, -0.25) is 4.79 Å². The monoisotopic (exact) mass is 496 g/mol. The van der Waals surface area contributed by atoms with Crippen LogP contribution in [0, 0.1) is 0 Å². The van der Waals surface area contributed by atoms with Gasteiger partial charge in [-0.05, 0) is 45.8 Å². The van der Waals surface area contributed by atoms with Gasteiger partial charge in [0.2, 0.25) is 5.88 Å². The first-order valence-electron chi connectivity index (χ1n) is 10.8. The molecular weight excluding hydrogens is 477 g/mol. The fourth-order valence-electron chi connectivity index (χ4n) is 4.05. The molecule has 0 atom stereocenters. The van der Waals surface area contributed by atoms with E-state index in [9.17, 15) is 18.0 Å². The Bertz CT molecular complexity index is 1410. The molecule has 0 saturated carbocycles. The third kappa shape index (κ3) is 4.44. The number of nitrogens with zero attached hydrogens (tertiary/aromatic N) is 6. The van der Waals surface area contributed by atoms with E-state index in [2.05, 4.69) is 20.5 Å². The van der Waals surface area contributed by atoms with E-state index in [1.807, 2.05) is 36.4 Å². The molecule has 0 unspecified atom stereocenters. The number of rotatable bonds is 5. The number of methoxy groups -OCH3 is 1. The van der Waals surface area contributed by atoms with Gasteiger partial charge in [0.1, 0.15) is 5.75 Å². The van der Waals surface area contributed by atoms with Gasteiger partial charge in [-0.1, -0.05) is 30.3 Å². The zero-order valence-electron chi connectivity index (χ0n) is 18.9. The van der Waals surface area contributed by atoms with Crippen LogP contribution in [0.2, 0.25) is 0 Å². The van der Waals surface area contributed by atoms with Gasteiger partial charge in [0.15, 0.2) is 6.61 Å². The molecule has 0 radical (unpaired) electrons. The van der Waals surface area contributed by atoms with Crippen molar-refractivity contribution in [2.45, 2.75) is 19.3 Å². The van der Waals surface area contributed by atoms with E-state index in [0.29, 0.717) is 21.9 Å². The van der Waals surface area contributed by atoms with Crippen molar-refractivity contribution >= 4 is 5.91 Å². The van der Waals surface area contributed by atoms with Crippen molar-refractivity contribution in [2.75, 3.05) is 13.7 Å². The minimum absolute atomic E-state index is 0.0469. The second-order valence-corrected chi connectivity index (χ2v) is 7.95. The van der Waals surface area contributed by atoms with Crippen LogP contribution in [-0.2, 0) is 24.1 Å². The maximum Gasteiger partial charge on any atom is 0.453 e. The average molecular weight is 496 g/mol. The second kappa shape index (κ2) is 9.29. The molecule has 2 aromatic heterocycles. The fourth-order valence-corrected chi connectivity index (χ4v) is 4.05. The van der Waals surface area contributed by atoms with Crippen molar-refractivity contribution in [3.63, 3.8) is 0 Å². The lowest BCUT2D eigenvalue weighted by Gasteiger charge is -2.23. The molecule has 0 spiro atoms. The number of ether oxygens (including phenoxy) is 2. The molecule has 0 aliphatic carbocycles. The lowest BCUT2D eigenvalue weighted by atomic mass is 10.0. The number of halogens is 3. The summed E-state index contributed by atoms with van der Waals surface area (Å²) in [5.41, 5.74) is 3.08. The van der Waals surface area contributed by atoms with Gasteiger partial charge in [-0.15, -0.1) is 5.10 Å². The van der Waals surface area contributed by atoms with E-state index >= 15 is 0 Å². The maximum absolute atomic E-state index is 13.3. The number of pyridine rings is 1. The molecule has 0 N–H and O–H groups in total. The quantitative estimate of drug-likeness (QED) is 0.416. The first-order chi connectivity index (χ1) is 17.3. The van der Waals surface area contributed by atoms with Crippen LogP contribution in [0.5, 0.6) is 11.6 Å². The molecule has 0 saturated heterocycles. The van der Waals surface area contributed by atoms with E-state index in [1.165, 1.54) is 25.3 Å². The molecule has 0 bridgehead atoms. The van der Waals surface area contributed by atoms with Crippen molar-refractivity contribution in [2.24, 2.45) is 0 Å². The van der Waals surface area contributed by atoms with Gasteiger partial charge in [0.25, 0.3) is 11.7 Å². The summed E-state index contributed by atoms with van der Waals surface area (Å²) >= 11 is 0. The number of tetrazole rings is 1. The van der Waals surface area contributed by atoms with Crippen LogP contribution in [0.15, 0.2) is 60.8 Å². The Morgan fingerprint density at radius 3 is 2.67 bits per heavy atom. The summed E-state index contributed by atoms with van der Waals surface area (Å²) in [5.74, 6) is -0.812. The molecule has 1 aliphatic rings. The fraction of sp³-hybridized carbons (Fsp3) is 0.208. The van der Waals surface area contributed by atoms with Crippen molar-refractivity contribution in [3.8, 4) is 28.4 Å². The molecule has 184 valence electrons. The van der Waals surface area contributed by atoms with Crippen LogP contribution in [0.4, 0.5) is 13.2 Å². The van der Waals surface area contributed by atoms with E-state index in [0.717, 1.165) is 16.7 Å². The van der Waals surface area contributed by atoms with E-state index in [1.54, 1.807) is 11.1 Å². The zero-order chi connectivity index (χ0) is 25.3. The molecule has 12 heteroatoms. The van der Waals surface area contributed by atoms with Crippen LogP contribution in [-0.4, -0.2) is 49.7 Å². The minimum atomic E-state index is -4.74. The Kier molecular flexibility index (Phi) is 6.00. The van der Waals surface area contributed by atoms with Crippen molar-refractivity contribution in [1.82, 2.24) is 30.1 Å². The second-order valence-electron chi connectivity index (χ2n) is 7.95. The minimum Gasteiger partial charge on any atom is -0.496 e. The summed E-state index contributed by atoms with van der Waals surface area (Å²) in [7, 11) is 1.44. The smallest absolute Gasteiger partial charge is 0.453 e. The standard InChI is InChI=1S/C24H19F3N6O3/c1-35-20-8-7-17(33-23(24(25,26)27)29-30-31-33)11-16(20)12-32-13-19-18(15-5-3-2-4-6-15)9-10-28-22(19)36-14-21(32)34/h2-11H,12-14H2,1H3. The Labute approximate surface area is 203 Å². The highest BCUT2D eigenvalue weighted by atomic mass is 19.4. The van der Waals surface area contributed by atoms with Gasteiger partial charge in [-0.2, -0.15) is 17.9 Å². The summed E-state index contributed by atoms with van der Waals surface area (Å²) < 4.78 is 51.7. The Morgan fingerprint density at radius 1 is 1.11 bits per heavy atom. The molecule has 1 aliphatic heterocycles. The predicted molar refractivity (Wildman–Crippen MR) is 120 cm³/mol. The zero-order valence-corrected chi connectivity index (χ0v) is 18.9. The molecule has 36 heavy (non-hydrogen) atoms. The first kappa shape index (κ1) is 23.3. The predicted octanol–water partition coefficient (Wildman–Crippen LogP) is 3.67. The van der Waals surface area contributed by atoms with Gasteiger partial charge >= 0.3 is 6.18 Å². The number of aromatic nitrogens is 5. The first-order valence-corrected chi connectivity index (χ1v) is 10.8. The van der Waals surface area contributed by atoms with Crippen LogP contribution < -0.4 is 9.47 Å². The number of carbonyl (C=O) groups is 1. The Balaban J connectivity index is 1.51. The normalized spacial score (nSPS) is 13.7. The van der Waals surface area contributed by atoms with E-state index in [4.69, 9.17) is 9.47 Å². The number of alkyl halides is 3. The summed E-state index contributed by atoms with van der Waals surface area (Å²) in [6, 6.07) is 15.9. The molecular formula is C24H19F3N6O3. The largest absolute Gasteiger partial charge is 0.496 e. The van der Waals surface area contributed by atoms with Crippen LogP contribution in [0.1, 0.15) is 17.0 Å². The lowest BCUT2D eigenvalue weighted by Crippen LogP contribution is -2.32. The van der Waals surface area contributed by atoms with Crippen molar-refractivity contribution in [3.05, 3.63) is 77.7 Å². The van der Waals surface area contributed by atoms with Gasteiger partial charge in [0.05, 0.1) is 19.3 Å². The highest BCUT2D eigenvalue weighted by molar-refractivity contribution is 5.80. The molecule has 2 aromatic carbocycles. The van der Waals surface area contributed by atoms with E-state index < -0.39 is 12.0 Å². The van der Waals surface area contributed by atoms with Crippen molar-refractivity contribution in [1.29, 1.82) is 0 Å². The number of fused-ring (bicyclic) bond motifs is 1. The molecule has 3 heterocycles. The highest BCUT2D eigenvalue weighted by Crippen LogP contribution is 2.34. The Morgan fingerprint density at radius 2 is 1.92 bits per heavy atom. The molecule has 1 amide bonds.